The molecule has 0 saturated heterocycles. The van der Waals surface area contributed by atoms with Gasteiger partial charge in [0.1, 0.15) is 0 Å². The molecule has 0 rings (SSSR count). The Hall–Kier alpha value is -0.0500. The Bertz CT molecular complexity index is 166. The van der Waals surface area contributed by atoms with Crippen molar-refractivity contribution in [3.63, 3.8) is 0 Å². The molecule has 0 radical (unpaired) electrons. The molecule has 0 aromatic rings. The fourth-order valence-electron chi connectivity index (χ4n) is 0.654. The van der Waals surface area contributed by atoms with Crippen molar-refractivity contribution in [1.82, 2.24) is 0 Å². The first-order valence-electron chi connectivity index (χ1n) is 3.48. The Kier molecular flexibility index (Phi) is 8.01. The topological polar surface area (TPSA) is 29.4 Å². The van der Waals surface area contributed by atoms with E-state index in [1.54, 1.807) is 0 Å². The predicted molar refractivity (Wildman–Crippen MR) is 52.3 cm³/mol. The molecule has 0 N–H and O–H groups in total. The molecule has 62 valence electrons. The number of nitrogens with zero attached hydrogens (tertiary/aromatic N) is 1. The molecular weight excluding hydrogens is 226 g/mol. The number of hydrogen-bond acceptors (Lipinski definition) is 2. The minimum absolute atomic E-state index is 0.158. The van der Waals surface area contributed by atoms with Gasteiger partial charge in [0.25, 0.3) is 5.91 Å². The second-order valence-electron chi connectivity index (χ2n) is 2.10. The number of amides is 1. The average Bonchev–Trinajstić information content (AvgIpc) is 1.99. The van der Waals surface area contributed by atoms with Gasteiger partial charge >= 0.3 is 0 Å². The van der Waals surface area contributed by atoms with E-state index in [1.165, 1.54) is 0 Å². The Labute approximate surface area is 80.2 Å². The van der Waals surface area contributed by atoms with Crippen molar-refractivity contribution < 1.29 is 4.79 Å². The lowest BCUT2D eigenvalue weighted by Gasteiger charge is -1.92. The van der Waals surface area contributed by atoms with Gasteiger partial charge in [0.05, 0.1) is 5.16 Å². The maximum absolute atomic E-state index is 10.7. The highest BCUT2D eigenvalue weighted by molar-refractivity contribution is 9.09. The summed E-state index contributed by atoms with van der Waals surface area (Å²) in [5, 5.41) is 3.06. The number of thiocarbonyl (C=S) groups is 1. The zero-order chi connectivity index (χ0) is 8.53. The summed E-state index contributed by atoms with van der Waals surface area (Å²) in [7, 11) is 0. The van der Waals surface area contributed by atoms with Gasteiger partial charge in [-0.15, -0.1) is 0 Å². The van der Waals surface area contributed by atoms with Crippen molar-refractivity contribution in [3.05, 3.63) is 0 Å². The molecular formula is C7H10BrNOS. The van der Waals surface area contributed by atoms with E-state index >= 15 is 0 Å². The number of rotatable bonds is 5. The molecule has 2 nitrogen and oxygen atoms in total. The molecule has 0 aliphatic heterocycles. The molecule has 0 aromatic carbocycles. The van der Waals surface area contributed by atoms with Crippen molar-refractivity contribution in [2.24, 2.45) is 4.99 Å². The second-order valence-corrected chi connectivity index (χ2v) is 3.07. The van der Waals surface area contributed by atoms with E-state index in [0.29, 0.717) is 6.42 Å². The Morgan fingerprint density at radius 1 is 1.45 bits per heavy atom. The van der Waals surface area contributed by atoms with Crippen LogP contribution in [0.3, 0.4) is 0 Å². The lowest BCUT2D eigenvalue weighted by atomic mass is 10.2. The number of halogens is 1. The van der Waals surface area contributed by atoms with E-state index in [9.17, 15) is 4.79 Å². The molecule has 1 amide bonds. The largest absolute Gasteiger partial charge is 0.272 e. The summed E-state index contributed by atoms with van der Waals surface area (Å²) in [6, 6.07) is 0. The third kappa shape index (κ3) is 7.85. The molecule has 0 atom stereocenters. The molecule has 0 spiro atoms. The molecule has 0 saturated carbocycles. The van der Waals surface area contributed by atoms with Gasteiger partial charge in [0, 0.05) is 11.8 Å². The molecule has 4 heteroatoms. The summed E-state index contributed by atoms with van der Waals surface area (Å²) < 4.78 is 0. The van der Waals surface area contributed by atoms with Crippen LogP contribution in [0.4, 0.5) is 0 Å². The lowest BCUT2D eigenvalue weighted by molar-refractivity contribution is -0.117. The van der Waals surface area contributed by atoms with Crippen LogP contribution in [0, 0.1) is 0 Å². The first kappa shape index (κ1) is 11.0. The number of hydrogen-bond donors (Lipinski definition) is 0. The number of carbonyl (C=O) groups is 1. The summed E-state index contributed by atoms with van der Waals surface area (Å²) in [4.78, 5) is 14.0. The van der Waals surface area contributed by atoms with E-state index in [0.717, 1.165) is 24.6 Å². The first-order chi connectivity index (χ1) is 5.31. The van der Waals surface area contributed by atoms with Gasteiger partial charge in [-0.2, -0.15) is 4.99 Å². The van der Waals surface area contributed by atoms with E-state index in [-0.39, 0.29) is 5.91 Å². The van der Waals surface area contributed by atoms with Crippen LogP contribution in [0.1, 0.15) is 25.7 Å². The highest BCUT2D eigenvalue weighted by Gasteiger charge is 1.96. The van der Waals surface area contributed by atoms with Crippen LogP contribution in [0.2, 0.25) is 0 Å². The molecule has 0 heterocycles. The number of isothiocyanates is 1. The van der Waals surface area contributed by atoms with E-state index in [2.05, 4.69) is 38.3 Å². The fourth-order valence-corrected chi connectivity index (χ4v) is 1.15. The summed E-state index contributed by atoms with van der Waals surface area (Å²) in [5.41, 5.74) is 0. The third-order valence-corrected chi connectivity index (χ3v) is 1.85. The van der Waals surface area contributed by atoms with Crippen LogP contribution in [0.5, 0.6) is 0 Å². The quantitative estimate of drug-likeness (QED) is 0.318. The van der Waals surface area contributed by atoms with Crippen LogP contribution in [0.15, 0.2) is 4.99 Å². The Morgan fingerprint density at radius 2 is 2.18 bits per heavy atom. The van der Waals surface area contributed by atoms with Crippen molar-refractivity contribution >= 4 is 39.2 Å². The van der Waals surface area contributed by atoms with Gasteiger partial charge < -0.3 is 0 Å². The van der Waals surface area contributed by atoms with Crippen LogP contribution in [-0.2, 0) is 4.79 Å². The molecule has 0 aliphatic carbocycles. The molecule has 0 fully saturated rings. The summed E-state index contributed by atoms with van der Waals surface area (Å²) in [5.74, 6) is -0.158. The van der Waals surface area contributed by atoms with Gasteiger partial charge in [-0.3, -0.25) is 4.79 Å². The van der Waals surface area contributed by atoms with Crippen molar-refractivity contribution in [2.45, 2.75) is 25.7 Å². The van der Waals surface area contributed by atoms with Gasteiger partial charge in [-0.1, -0.05) is 22.4 Å². The van der Waals surface area contributed by atoms with Gasteiger partial charge in [0.15, 0.2) is 0 Å². The third-order valence-electron chi connectivity index (χ3n) is 1.19. The van der Waals surface area contributed by atoms with Crippen LogP contribution in [0.25, 0.3) is 0 Å². The van der Waals surface area contributed by atoms with Gasteiger partial charge in [-0.05, 0) is 25.1 Å². The Morgan fingerprint density at radius 3 is 2.73 bits per heavy atom. The van der Waals surface area contributed by atoms with Crippen LogP contribution in [-0.4, -0.2) is 16.4 Å². The minimum atomic E-state index is -0.158. The van der Waals surface area contributed by atoms with Gasteiger partial charge in [0.2, 0.25) is 0 Å². The second kappa shape index (κ2) is 8.05. The van der Waals surface area contributed by atoms with Crippen molar-refractivity contribution in [1.29, 1.82) is 0 Å². The first-order valence-corrected chi connectivity index (χ1v) is 5.01. The average molecular weight is 236 g/mol. The number of aliphatic imine (C=N–C) groups is 1. The van der Waals surface area contributed by atoms with Crippen molar-refractivity contribution in [2.75, 3.05) is 5.33 Å². The summed E-state index contributed by atoms with van der Waals surface area (Å²) in [6.07, 6.45) is 3.56. The van der Waals surface area contributed by atoms with E-state index in [4.69, 9.17) is 0 Å². The summed E-state index contributed by atoms with van der Waals surface area (Å²) in [6.45, 7) is 0. The smallest absolute Gasteiger partial charge is 0.254 e. The normalized spacial score (nSPS) is 8.82. The molecule has 11 heavy (non-hydrogen) atoms. The van der Waals surface area contributed by atoms with Crippen molar-refractivity contribution in [3.8, 4) is 0 Å². The highest BCUT2D eigenvalue weighted by Crippen LogP contribution is 2.02. The predicted octanol–water partition coefficient (Wildman–Crippen LogP) is 2.57. The van der Waals surface area contributed by atoms with E-state index < -0.39 is 0 Å². The van der Waals surface area contributed by atoms with Crippen LogP contribution >= 0.6 is 28.1 Å². The zero-order valence-electron chi connectivity index (χ0n) is 6.18. The Balaban J connectivity index is 3.24. The SMILES string of the molecule is O=C(CCCCCBr)N=C=S. The molecule has 0 bridgehead atoms. The summed E-state index contributed by atoms with van der Waals surface area (Å²) >= 11 is 7.59. The standard InChI is InChI=1S/C7H10BrNOS/c8-5-3-1-2-4-7(10)9-6-11/h1-5H2. The fraction of sp³-hybridized carbons (Fsp3) is 0.714. The number of carbonyl (C=O) groups excluding carboxylic acids is 1. The number of alkyl halides is 1. The lowest BCUT2D eigenvalue weighted by Crippen LogP contribution is -1.91. The molecule has 0 aromatic heterocycles. The van der Waals surface area contributed by atoms with E-state index in [1.807, 2.05) is 0 Å². The molecule has 0 unspecified atom stereocenters. The maximum atomic E-state index is 10.7. The monoisotopic (exact) mass is 235 g/mol. The number of unbranched alkanes of at least 4 members (excludes halogenated alkanes) is 2. The molecule has 0 aliphatic rings. The van der Waals surface area contributed by atoms with Gasteiger partial charge in [-0.25, -0.2) is 0 Å². The zero-order valence-corrected chi connectivity index (χ0v) is 8.58. The highest BCUT2D eigenvalue weighted by atomic mass is 79.9. The maximum Gasteiger partial charge on any atom is 0.254 e. The minimum Gasteiger partial charge on any atom is -0.272 e. The van der Waals surface area contributed by atoms with Crippen LogP contribution < -0.4 is 0 Å².